The number of carbonyl (C=O) groups excluding carboxylic acids is 1. The molecular weight excluding hydrogens is 425 g/mol. The Hall–Kier alpha value is -1.86. The van der Waals surface area contributed by atoms with Gasteiger partial charge in [0.25, 0.3) is 5.91 Å². The van der Waals surface area contributed by atoms with Gasteiger partial charge in [-0.3, -0.25) is 4.79 Å². The number of amides is 1. The Bertz CT molecular complexity index is 1030. The highest BCUT2D eigenvalue weighted by molar-refractivity contribution is 7.91. The zero-order chi connectivity index (χ0) is 19.4. The Kier molecular flexibility index (Phi) is 6.22. The first-order valence-electron chi connectivity index (χ1n) is 7.94. The van der Waals surface area contributed by atoms with Crippen molar-refractivity contribution in [2.75, 3.05) is 6.54 Å². The Labute approximate surface area is 171 Å². The van der Waals surface area contributed by atoms with Crippen LogP contribution in [0.15, 0.2) is 70.9 Å². The number of halogens is 2. The van der Waals surface area contributed by atoms with E-state index in [9.17, 15) is 13.2 Å². The second-order valence-corrected chi connectivity index (χ2v) is 9.71. The Morgan fingerprint density at radius 1 is 1.00 bits per heavy atom. The van der Waals surface area contributed by atoms with Gasteiger partial charge in [0.15, 0.2) is 9.84 Å². The van der Waals surface area contributed by atoms with Crippen LogP contribution >= 0.6 is 34.5 Å². The predicted molar refractivity (Wildman–Crippen MR) is 109 cm³/mol. The molecule has 1 atom stereocenters. The summed E-state index contributed by atoms with van der Waals surface area (Å²) in [4.78, 5) is 13.2. The molecule has 0 spiro atoms. The first-order chi connectivity index (χ1) is 12.9. The molecule has 0 aliphatic rings. The standard InChI is InChI=1S/C19H15Cl2NO3S2/c20-14-6-8-16(9-7-14)27(24,25)18(17-5-2-10-26-17)12-22-19(23)13-3-1-4-15(21)11-13/h1-11,18H,12H2,(H,22,23). The van der Waals surface area contributed by atoms with Crippen molar-refractivity contribution in [1.82, 2.24) is 5.32 Å². The highest BCUT2D eigenvalue weighted by atomic mass is 35.5. The Morgan fingerprint density at radius 3 is 2.37 bits per heavy atom. The number of rotatable bonds is 6. The van der Waals surface area contributed by atoms with Gasteiger partial charge in [-0.1, -0.05) is 35.3 Å². The van der Waals surface area contributed by atoms with Crippen LogP contribution in [0.3, 0.4) is 0 Å². The van der Waals surface area contributed by atoms with E-state index in [2.05, 4.69) is 5.32 Å². The van der Waals surface area contributed by atoms with Gasteiger partial charge in [-0.2, -0.15) is 0 Å². The molecule has 3 aromatic rings. The van der Waals surface area contributed by atoms with Gasteiger partial charge in [0.2, 0.25) is 0 Å². The van der Waals surface area contributed by atoms with Crippen molar-refractivity contribution >= 4 is 50.3 Å². The summed E-state index contributed by atoms with van der Waals surface area (Å²) in [5.41, 5.74) is 0.372. The van der Waals surface area contributed by atoms with Crippen molar-refractivity contribution < 1.29 is 13.2 Å². The van der Waals surface area contributed by atoms with E-state index >= 15 is 0 Å². The van der Waals surface area contributed by atoms with E-state index in [-0.39, 0.29) is 17.3 Å². The fourth-order valence-electron chi connectivity index (χ4n) is 2.54. The molecule has 2 aromatic carbocycles. The van der Waals surface area contributed by atoms with Crippen LogP contribution in [-0.4, -0.2) is 20.9 Å². The summed E-state index contributed by atoms with van der Waals surface area (Å²) in [5.74, 6) is -0.384. The molecule has 1 N–H and O–H groups in total. The van der Waals surface area contributed by atoms with Gasteiger partial charge >= 0.3 is 0 Å². The maximum Gasteiger partial charge on any atom is 0.251 e. The second kappa shape index (κ2) is 8.44. The van der Waals surface area contributed by atoms with E-state index < -0.39 is 15.1 Å². The highest BCUT2D eigenvalue weighted by Crippen LogP contribution is 2.32. The van der Waals surface area contributed by atoms with E-state index in [0.29, 0.717) is 20.5 Å². The third-order valence-electron chi connectivity index (χ3n) is 3.91. The zero-order valence-corrected chi connectivity index (χ0v) is 17.1. The molecule has 1 aromatic heterocycles. The van der Waals surface area contributed by atoms with Crippen molar-refractivity contribution in [3.63, 3.8) is 0 Å². The summed E-state index contributed by atoms with van der Waals surface area (Å²) in [6.07, 6.45) is 0. The van der Waals surface area contributed by atoms with Crippen LogP contribution in [0.25, 0.3) is 0 Å². The molecule has 0 fully saturated rings. The minimum absolute atomic E-state index is 0.0587. The topological polar surface area (TPSA) is 63.2 Å². The van der Waals surface area contributed by atoms with E-state index in [1.807, 2.05) is 0 Å². The molecule has 8 heteroatoms. The fraction of sp³-hybridized carbons (Fsp3) is 0.105. The lowest BCUT2D eigenvalue weighted by Gasteiger charge is -2.17. The minimum Gasteiger partial charge on any atom is -0.350 e. The minimum atomic E-state index is -3.72. The smallest absolute Gasteiger partial charge is 0.251 e. The first-order valence-corrected chi connectivity index (χ1v) is 11.1. The van der Waals surface area contributed by atoms with Gasteiger partial charge in [0.05, 0.1) is 4.90 Å². The van der Waals surface area contributed by atoms with Gasteiger partial charge < -0.3 is 5.32 Å². The Balaban J connectivity index is 1.86. The van der Waals surface area contributed by atoms with Gasteiger partial charge in [0.1, 0.15) is 5.25 Å². The van der Waals surface area contributed by atoms with Crippen molar-refractivity contribution in [3.8, 4) is 0 Å². The molecule has 27 heavy (non-hydrogen) atoms. The summed E-state index contributed by atoms with van der Waals surface area (Å²) in [6.45, 7) is -0.0587. The van der Waals surface area contributed by atoms with E-state index in [0.717, 1.165) is 0 Å². The molecule has 1 unspecified atom stereocenters. The zero-order valence-electron chi connectivity index (χ0n) is 13.9. The fourth-order valence-corrected chi connectivity index (χ4v) is 5.64. The summed E-state index contributed by atoms with van der Waals surface area (Å²) in [7, 11) is -3.72. The van der Waals surface area contributed by atoms with Gasteiger partial charge in [-0.25, -0.2) is 8.42 Å². The maximum atomic E-state index is 13.1. The van der Waals surface area contributed by atoms with E-state index in [4.69, 9.17) is 23.2 Å². The van der Waals surface area contributed by atoms with Crippen LogP contribution in [0.1, 0.15) is 20.5 Å². The van der Waals surface area contributed by atoms with Gasteiger partial charge in [0, 0.05) is 27.0 Å². The molecule has 4 nitrogen and oxygen atoms in total. The molecule has 1 heterocycles. The maximum absolute atomic E-state index is 13.1. The molecule has 0 saturated carbocycles. The van der Waals surface area contributed by atoms with E-state index in [1.165, 1.54) is 41.7 Å². The Morgan fingerprint density at radius 2 is 1.74 bits per heavy atom. The number of carbonyl (C=O) groups is 1. The molecule has 0 saturated heterocycles. The van der Waals surface area contributed by atoms with Crippen molar-refractivity contribution in [2.45, 2.75) is 10.1 Å². The third kappa shape index (κ3) is 4.71. The van der Waals surface area contributed by atoms with Crippen molar-refractivity contribution in [2.24, 2.45) is 0 Å². The SMILES string of the molecule is O=C(NCC(c1cccs1)S(=O)(=O)c1ccc(Cl)cc1)c1cccc(Cl)c1. The lowest BCUT2D eigenvalue weighted by molar-refractivity contribution is 0.0953. The van der Waals surface area contributed by atoms with Crippen LogP contribution in [-0.2, 0) is 9.84 Å². The van der Waals surface area contributed by atoms with Crippen LogP contribution < -0.4 is 5.32 Å². The van der Waals surface area contributed by atoms with Crippen LogP contribution in [0.2, 0.25) is 10.0 Å². The lowest BCUT2D eigenvalue weighted by atomic mass is 10.2. The van der Waals surface area contributed by atoms with Crippen molar-refractivity contribution in [3.05, 3.63) is 86.5 Å². The number of sulfone groups is 1. The summed E-state index contributed by atoms with van der Waals surface area (Å²) >= 11 is 13.1. The summed E-state index contributed by atoms with van der Waals surface area (Å²) in [5, 5.41) is 4.50. The first kappa shape index (κ1) is 19.9. The van der Waals surface area contributed by atoms with Crippen LogP contribution in [0.4, 0.5) is 0 Å². The lowest BCUT2D eigenvalue weighted by Crippen LogP contribution is -2.31. The average Bonchev–Trinajstić information content (AvgIpc) is 3.16. The number of nitrogens with one attached hydrogen (secondary N) is 1. The predicted octanol–water partition coefficient (Wildman–Crippen LogP) is 5.00. The van der Waals surface area contributed by atoms with Gasteiger partial charge in [-0.15, -0.1) is 11.3 Å². The second-order valence-electron chi connectivity index (χ2n) is 5.72. The quantitative estimate of drug-likeness (QED) is 0.587. The highest BCUT2D eigenvalue weighted by Gasteiger charge is 2.30. The molecule has 0 aliphatic carbocycles. The summed E-state index contributed by atoms with van der Waals surface area (Å²) < 4.78 is 26.3. The number of hydrogen-bond acceptors (Lipinski definition) is 4. The number of hydrogen-bond donors (Lipinski definition) is 1. The summed E-state index contributed by atoms with van der Waals surface area (Å²) in [6, 6.07) is 16.0. The molecular formula is C19H15Cl2NO3S2. The van der Waals surface area contributed by atoms with Crippen LogP contribution in [0.5, 0.6) is 0 Å². The third-order valence-corrected chi connectivity index (χ3v) is 7.63. The molecule has 3 rings (SSSR count). The molecule has 1 amide bonds. The monoisotopic (exact) mass is 439 g/mol. The number of benzene rings is 2. The van der Waals surface area contributed by atoms with Crippen LogP contribution in [0, 0.1) is 0 Å². The van der Waals surface area contributed by atoms with E-state index in [1.54, 1.807) is 35.7 Å². The molecule has 0 aliphatic heterocycles. The normalized spacial score (nSPS) is 12.5. The molecule has 140 valence electrons. The average molecular weight is 440 g/mol. The largest absolute Gasteiger partial charge is 0.350 e. The molecule has 0 radical (unpaired) electrons. The number of thiophene rings is 1. The van der Waals surface area contributed by atoms with Gasteiger partial charge in [-0.05, 0) is 53.9 Å². The van der Waals surface area contributed by atoms with Crippen molar-refractivity contribution in [1.29, 1.82) is 0 Å². The molecule has 0 bridgehead atoms.